The number of nitrogens with one attached hydrogen (secondary N) is 3. The number of carbonyl (C=O) groups excluding carboxylic acids is 1. The number of anilines is 2. The highest BCUT2D eigenvalue weighted by atomic mass is 35.5. The van der Waals surface area contributed by atoms with Crippen LogP contribution in [0, 0.1) is 0 Å². The maximum atomic E-state index is 12.1. The Kier molecular flexibility index (Phi) is 6.53. The van der Waals surface area contributed by atoms with E-state index in [9.17, 15) is 4.79 Å². The average molecular weight is 440 g/mol. The first kappa shape index (κ1) is 21.3. The van der Waals surface area contributed by atoms with Gasteiger partial charge in [0.1, 0.15) is 17.4 Å². The molecule has 1 fully saturated rings. The molecular formula is C23H26ClN5O2. The van der Waals surface area contributed by atoms with Gasteiger partial charge in [-0.25, -0.2) is 9.97 Å². The Morgan fingerprint density at radius 3 is 2.61 bits per heavy atom. The second kappa shape index (κ2) is 9.49. The van der Waals surface area contributed by atoms with Gasteiger partial charge in [0.25, 0.3) is 5.91 Å². The number of rotatable bonds is 6. The highest BCUT2D eigenvalue weighted by Crippen LogP contribution is 2.32. The van der Waals surface area contributed by atoms with Crippen LogP contribution in [0.2, 0.25) is 5.02 Å². The Morgan fingerprint density at radius 2 is 1.90 bits per heavy atom. The topological polar surface area (TPSA) is 88.2 Å². The summed E-state index contributed by atoms with van der Waals surface area (Å²) in [5, 5.41) is 10.7. The second-order valence-electron chi connectivity index (χ2n) is 7.90. The number of benzene rings is 2. The summed E-state index contributed by atoms with van der Waals surface area (Å²) in [7, 11) is 0. The number of hydrogen-bond donors (Lipinski definition) is 3. The first-order chi connectivity index (χ1) is 15.0. The van der Waals surface area contributed by atoms with E-state index in [1.165, 1.54) is 0 Å². The number of amides is 1. The lowest BCUT2D eigenvalue weighted by atomic mass is 10.1. The monoisotopic (exact) mass is 439 g/mol. The third-order valence-electron chi connectivity index (χ3n) is 5.06. The third kappa shape index (κ3) is 5.24. The molecule has 3 aromatic rings. The van der Waals surface area contributed by atoms with Crippen LogP contribution in [0.4, 0.5) is 11.6 Å². The minimum atomic E-state index is -0.0992. The lowest BCUT2D eigenvalue weighted by Gasteiger charge is -2.24. The van der Waals surface area contributed by atoms with E-state index in [2.05, 4.69) is 25.9 Å². The van der Waals surface area contributed by atoms with Gasteiger partial charge in [0.05, 0.1) is 5.02 Å². The Labute approximate surface area is 186 Å². The molecule has 31 heavy (non-hydrogen) atoms. The van der Waals surface area contributed by atoms with Crippen LogP contribution in [0.5, 0.6) is 5.75 Å². The zero-order valence-corrected chi connectivity index (χ0v) is 18.4. The molecule has 162 valence electrons. The maximum absolute atomic E-state index is 12.1. The molecule has 2 heterocycles. The lowest BCUT2D eigenvalue weighted by molar-refractivity contribution is 0.0943. The van der Waals surface area contributed by atoms with Crippen LogP contribution in [0.25, 0.3) is 10.9 Å². The third-order valence-corrected chi connectivity index (χ3v) is 5.39. The summed E-state index contributed by atoms with van der Waals surface area (Å²) in [5.41, 5.74) is 2.06. The smallest absolute Gasteiger partial charge is 0.251 e. The Balaban J connectivity index is 1.55. The molecule has 0 bridgehead atoms. The normalized spacial score (nSPS) is 14.6. The molecule has 1 saturated heterocycles. The standard InChI is InChI=1S/C23H26ClN5O2/c1-14(2)27-22(30)15-3-5-16(6-4-15)28-23-26-13-18-19(24)7-8-20(21(18)29-23)31-17-9-11-25-12-10-17/h3-8,13-14,17,25H,9-12H2,1-2H3,(H,27,30)(H,26,28,29). The molecule has 1 amide bonds. The minimum absolute atomic E-state index is 0.0874. The quantitative estimate of drug-likeness (QED) is 0.530. The number of nitrogens with zero attached hydrogens (tertiary/aromatic N) is 2. The van der Waals surface area contributed by atoms with Crippen molar-refractivity contribution < 1.29 is 9.53 Å². The van der Waals surface area contributed by atoms with Crippen LogP contribution in [-0.2, 0) is 0 Å². The first-order valence-electron chi connectivity index (χ1n) is 10.5. The van der Waals surface area contributed by atoms with E-state index >= 15 is 0 Å². The molecule has 4 rings (SSSR count). The van der Waals surface area contributed by atoms with E-state index in [0.717, 1.165) is 37.0 Å². The number of halogens is 1. The van der Waals surface area contributed by atoms with Crippen molar-refractivity contribution in [2.24, 2.45) is 0 Å². The second-order valence-corrected chi connectivity index (χ2v) is 8.31. The Morgan fingerprint density at radius 1 is 1.16 bits per heavy atom. The predicted octanol–water partition coefficient (Wildman–Crippen LogP) is 4.30. The lowest BCUT2D eigenvalue weighted by Crippen LogP contribution is -2.34. The van der Waals surface area contributed by atoms with Crippen molar-refractivity contribution in [3.8, 4) is 5.75 Å². The zero-order valence-electron chi connectivity index (χ0n) is 17.6. The summed E-state index contributed by atoms with van der Waals surface area (Å²) in [5.74, 6) is 1.04. The molecule has 7 nitrogen and oxygen atoms in total. The van der Waals surface area contributed by atoms with Crippen molar-refractivity contribution >= 4 is 40.0 Å². The van der Waals surface area contributed by atoms with Crippen LogP contribution in [0.3, 0.4) is 0 Å². The average Bonchev–Trinajstić information content (AvgIpc) is 2.76. The number of ether oxygens (including phenoxy) is 1. The number of fused-ring (bicyclic) bond motifs is 1. The van der Waals surface area contributed by atoms with Gasteiger partial charge in [0.15, 0.2) is 0 Å². The van der Waals surface area contributed by atoms with Gasteiger partial charge in [-0.2, -0.15) is 0 Å². The van der Waals surface area contributed by atoms with E-state index in [-0.39, 0.29) is 18.1 Å². The van der Waals surface area contributed by atoms with Crippen molar-refractivity contribution in [1.82, 2.24) is 20.6 Å². The fourth-order valence-corrected chi connectivity index (χ4v) is 3.69. The number of piperidine rings is 1. The molecule has 0 aliphatic carbocycles. The highest BCUT2D eigenvalue weighted by molar-refractivity contribution is 6.35. The van der Waals surface area contributed by atoms with Gasteiger partial charge in [-0.1, -0.05) is 11.6 Å². The van der Waals surface area contributed by atoms with Crippen molar-refractivity contribution in [3.05, 3.63) is 53.2 Å². The minimum Gasteiger partial charge on any atom is -0.488 e. The Hall–Kier alpha value is -2.90. The van der Waals surface area contributed by atoms with Crippen molar-refractivity contribution in [2.75, 3.05) is 18.4 Å². The van der Waals surface area contributed by atoms with Crippen LogP contribution in [-0.4, -0.2) is 41.1 Å². The number of carbonyl (C=O) groups is 1. The fourth-order valence-electron chi connectivity index (χ4n) is 3.49. The molecule has 1 aromatic heterocycles. The van der Waals surface area contributed by atoms with Crippen LogP contribution < -0.4 is 20.7 Å². The van der Waals surface area contributed by atoms with Gasteiger partial charge in [0, 0.05) is 28.9 Å². The summed E-state index contributed by atoms with van der Waals surface area (Å²) in [4.78, 5) is 21.2. The summed E-state index contributed by atoms with van der Waals surface area (Å²) in [6.45, 7) is 5.76. The molecule has 0 atom stereocenters. The van der Waals surface area contributed by atoms with Gasteiger partial charge >= 0.3 is 0 Å². The van der Waals surface area contributed by atoms with E-state index in [1.807, 2.05) is 38.1 Å². The summed E-state index contributed by atoms with van der Waals surface area (Å²) >= 11 is 6.36. The van der Waals surface area contributed by atoms with Gasteiger partial charge < -0.3 is 20.7 Å². The van der Waals surface area contributed by atoms with Gasteiger partial charge in [0.2, 0.25) is 5.95 Å². The SMILES string of the molecule is CC(C)NC(=O)c1ccc(Nc2ncc3c(Cl)ccc(OC4CCNCC4)c3n2)cc1. The zero-order chi connectivity index (χ0) is 21.8. The molecule has 3 N–H and O–H groups in total. The van der Waals surface area contributed by atoms with E-state index in [0.29, 0.717) is 27.8 Å². The van der Waals surface area contributed by atoms with E-state index in [1.54, 1.807) is 18.3 Å². The largest absolute Gasteiger partial charge is 0.488 e. The molecule has 1 aliphatic rings. The van der Waals surface area contributed by atoms with Crippen molar-refractivity contribution in [2.45, 2.75) is 38.8 Å². The summed E-state index contributed by atoms with van der Waals surface area (Å²) < 4.78 is 6.24. The molecule has 8 heteroatoms. The number of aromatic nitrogens is 2. The first-order valence-corrected chi connectivity index (χ1v) is 10.9. The molecular weight excluding hydrogens is 414 g/mol. The van der Waals surface area contributed by atoms with Crippen molar-refractivity contribution in [1.29, 1.82) is 0 Å². The Bertz CT molecular complexity index is 1070. The molecule has 2 aromatic carbocycles. The molecule has 0 unspecified atom stereocenters. The highest BCUT2D eigenvalue weighted by Gasteiger charge is 2.17. The molecule has 0 radical (unpaired) electrons. The van der Waals surface area contributed by atoms with Gasteiger partial charge in [-0.05, 0) is 76.2 Å². The van der Waals surface area contributed by atoms with Gasteiger partial charge in [-0.15, -0.1) is 0 Å². The molecule has 1 aliphatic heterocycles. The molecule has 0 saturated carbocycles. The molecule has 0 spiro atoms. The van der Waals surface area contributed by atoms with Crippen LogP contribution in [0.1, 0.15) is 37.0 Å². The fraction of sp³-hybridized carbons (Fsp3) is 0.348. The predicted molar refractivity (Wildman–Crippen MR) is 123 cm³/mol. The van der Waals surface area contributed by atoms with E-state index < -0.39 is 0 Å². The van der Waals surface area contributed by atoms with Crippen LogP contribution in [0.15, 0.2) is 42.6 Å². The van der Waals surface area contributed by atoms with Crippen molar-refractivity contribution in [3.63, 3.8) is 0 Å². The number of hydrogen-bond acceptors (Lipinski definition) is 6. The van der Waals surface area contributed by atoms with Gasteiger partial charge in [-0.3, -0.25) is 4.79 Å². The summed E-state index contributed by atoms with van der Waals surface area (Å²) in [6.07, 6.45) is 3.77. The van der Waals surface area contributed by atoms with Crippen LogP contribution >= 0.6 is 11.6 Å². The van der Waals surface area contributed by atoms with E-state index in [4.69, 9.17) is 16.3 Å². The summed E-state index contributed by atoms with van der Waals surface area (Å²) in [6, 6.07) is 11.0. The maximum Gasteiger partial charge on any atom is 0.251 e.